The summed E-state index contributed by atoms with van der Waals surface area (Å²) in [5.41, 5.74) is 1.90. The molecule has 0 aliphatic rings. The minimum absolute atomic E-state index is 0.0995. The minimum atomic E-state index is -0.263. The van der Waals surface area contributed by atoms with Gasteiger partial charge in [-0.3, -0.25) is 4.79 Å². The third kappa shape index (κ3) is 4.21. The standard InChI is InChI=1S/C16H17FN2O2/c1-11-8-12(6-7-15(11)17)18-10-16(20)19-13-4-3-5-14(9-13)21-2/h3-9,18H,10H2,1-2H3,(H,19,20). The number of halogens is 1. The molecule has 0 radical (unpaired) electrons. The molecule has 0 saturated carbocycles. The van der Waals surface area contributed by atoms with E-state index < -0.39 is 0 Å². The lowest BCUT2D eigenvalue weighted by atomic mass is 10.2. The Bertz CT molecular complexity index is 644. The topological polar surface area (TPSA) is 50.4 Å². The van der Waals surface area contributed by atoms with Crippen LogP contribution in [0, 0.1) is 12.7 Å². The predicted octanol–water partition coefficient (Wildman–Crippen LogP) is 3.19. The summed E-state index contributed by atoms with van der Waals surface area (Å²) in [5, 5.41) is 5.71. The quantitative estimate of drug-likeness (QED) is 0.888. The van der Waals surface area contributed by atoms with Crippen LogP contribution < -0.4 is 15.4 Å². The van der Waals surface area contributed by atoms with Gasteiger partial charge in [-0.2, -0.15) is 0 Å². The van der Waals surface area contributed by atoms with Gasteiger partial charge in [0.05, 0.1) is 13.7 Å². The zero-order valence-electron chi connectivity index (χ0n) is 11.9. The Labute approximate surface area is 122 Å². The largest absolute Gasteiger partial charge is 0.497 e. The van der Waals surface area contributed by atoms with Crippen LogP contribution in [0.3, 0.4) is 0 Å². The van der Waals surface area contributed by atoms with E-state index in [1.165, 1.54) is 6.07 Å². The number of methoxy groups -OCH3 is 1. The summed E-state index contributed by atoms with van der Waals surface area (Å²) < 4.78 is 18.2. The molecule has 0 aliphatic heterocycles. The Morgan fingerprint density at radius 2 is 2.00 bits per heavy atom. The molecule has 0 aromatic heterocycles. The molecule has 21 heavy (non-hydrogen) atoms. The Morgan fingerprint density at radius 3 is 2.71 bits per heavy atom. The zero-order chi connectivity index (χ0) is 15.2. The van der Waals surface area contributed by atoms with Gasteiger partial charge in [0.1, 0.15) is 11.6 Å². The molecule has 5 heteroatoms. The van der Waals surface area contributed by atoms with Gasteiger partial charge in [-0.15, -0.1) is 0 Å². The molecule has 1 amide bonds. The normalized spacial score (nSPS) is 10.0. The first-order chi connectivity index (χ1) is 10.1. The molecule has 0 heterocycles. The van der Waals surface area contributed by atoms with Crippen LogP contribution in [-0.2, 0) is 4.79 Å². The van der Waals surface area contributed by atoms with Crippen molar-refractivity contribution in [2.24, 2.45) is 0 Å². The summed E-state index contributed by atoms with van der Waals surface area (Å²) in [6.45, 7) is 1.78. The number of ether oxygens (including phenoxy) is 1. The second kappa shape index (κ2) is 6.74. The van der Waals surface area contributed by atoms with E-state index in [0.717, 1.165) is 0 Å². The molecule has 2 N–H and O–H groups in total. The predicted molar refractivity (Wildman–Crippen MR) is 81.3 cm³/mol. The van der Waals surface area contributed by atoms with Crippen molar-refractivity contribution in [1.82, 2.24) is 0 Å². The van der Waals surface area contributed by atoms with Gasteiger partial charge >= 0.3 is 0 Å². The molecular weight excluding hydrogens is 271 g/mol. The number of benzene rings is 2. The fourth-order valence-corrected chi connectivity index (χ4v) is 1.84. The Morgan fingerprint density at radius 1 is 1.19 bits per heavy atom. The van der Waals surface area contributed by atoms with Gasteiger partial charge in [0.15, 0.2) is 0 Å². The molecule has 0 spiro atoms. The van der Waals surface area contributed by atoms with Crippen molar-refractivity contribution in [3.63, 3.8) is 0 Å². The van der Waals surface area contributed by atoms with Gasteiger partial charge in [0.25, 0.3) is 0 Å². The Kier molecular flexibility index (Phi) is 4.77. The van der Waals surface area contributed by atoms with Crippen molar-refractivity contribution in [2.75, 3.05) is 24.3 Å². The average Bonchev–Trinajstić information content (AvgIpc) is 2.48. The number of rotatable bonds is 5. The fraction of sp³-hybridized carbons (Fsp3) is 0.188. The maximum Gasteiger partial charge on any atom is 0.243 e. The number of hydrogen-bond donors (Lipinski definition) is 2. The number of carbonyl (C=O) groups excluding carboxylic acids is 1. The summed E-state index contributed by atoms with van der Waals surface area (Å²) in [7, 11) is 1.57. The highest BCUT2D eigenvalue weighted by molar-refractivity contribution is 5.93. The number of hydrogen-bond acceptors (Lipinski definition) is 3. The molecule has 0 unspecified atom stereocenters. The smallest absolute Gasteiger partial charge is 0.243 e. The summed E-state index contributed by atoms with van der Waals surface area (Å²) in [5.74, 6) is 0.224. The van der Waals surface area contributed by atoms with E-state index in [1.54, 1.807) is 50.4 Å². The first kappa shape index (κ1) is 14.8. The van der Waals surface area contributed by atoms with Crippen LogP contribution in [0.4, 0.5) is 15.8 Å². The van der Waals surface area contributed by atoms with Crippen LogP contribution in [0.5, 0.6) is 5.75 Å². The summed E-state index contributed by atoms with van der Waals surface area (Å²) in [6.07, 6.45) is 0. The van der Waals surface area contributed by atoms with Crippen molar-refractivity contribution in [3.8, 4) is 5.75 Å². The number of nitrogens with one attached hydrogen (secondary N) is 2. The van der Waals surface area contributed by atoms with Crippen LogP contribution in [0.1, 0.15) is 5.56 Å². The fourth-order valence-electron chi connectivity index (χ4n) is 1.84. The molecule has 0 atom stereocenters. The highest BCUT2D eigenvalue weighted by Crippen LogP contribution is 2.17. The number of carbonyl (C=O) groups is 1. The number of aryl methyl sites for hydroxylation is 1. The minimum Gasteiger partial charge on any atom is -0.497 e. The molecule has 4 nitrogen and oxygen atoms in total. The summed E-state index contributed by atoms with van der Waals surface area (Å²) in [4.78, 5) is 11.8. The van der Waals surface area contributed by atoms with E-state index in [-0.39, 0.29) is 18.3 Å². The molecule has 2 aromatic carbocycles. The van der Waals surface area contributed by atoms with Gasteiger partial charge < -0.3 is 15.4 Å². The van der Waals surface area contributed by atoms with Gasteiger partial charge in [0, 0.05) is 17.4 Å². The van der Waals surface area contributed by atoms with Crippen LogP contribution in [-0.4, -0.2) is 19.6 Å². The van der Waals surface area contributed by atoms with Crippen LogP contribution in [0.2, 0.25) is 0 Å². The SMILES string of the molecule is COc1cccc(NC(=O)CNc2ccc(F)c(C)c2)c1. The van der Waals surface area contributed by atoms with Crippen LogP contribution in [0.25, 0.3) is 0 Å². The second-order valence-corrected chi connectivity index (χ2v) is 4.60. The molecular formula is C16H17FN2O2. The van der Waals surface area contributed by atoms with Crippen LogP contribution in [0.15, 0.2) is 42.5 Å². The van der Waals surface area contributed by atoms with Gasteiger partial charge in [-0.25, -0.2) is 4.39 Å². The van der Waals surface area contributed by atoms with Crippen molar-refractivity contribution < 1.29 is 13.9 Å². The Hall–Kier alpha value is -2.56. The van der Waals surface area contributed by atoms with E-state index in [0.29, 0.717) is 22.7 Å². The third-order valence-electron chi connectivity index (χ3n) is 2.96. The molecule has 0 bridgehead atoms. The van der Waals surface area contributed by atoms with E-state index >= 15 is 0 Å². The van der Waals surface area contributed by atoms with Crippen molar-refractivity contribution in [1.29, 1.82) is 0 Å². The van der Waals surface area contributed by atoms with Gasteiger partial charge in [0.2, 0.25) is 5.91 Å². The summed E-state index contributed by atoms with van der Waals surface area (Å²) in [6, 6.07) is 11.7. The van der Waals surface area contributed by atoms with Crippen LogP contribution >= 0.6 is 0 Å². The highest BCUT2D eigenvalue weighted by atomic mass is 19.1. The van der Waals surface area contributed by atoms with E-state index in [2.05, 4.69) is 10.6 Å². The summed E-state index contributed by atoms with van der Waals surface area (Å²) >= 11 is 0. The number of anilines is 2. The lowest BCUT2D eigenvalue weighted by molar-refractivity contribution is -0.114. The molecule has 2 aromatic rings. The van der Waals surface area contributed by atoms with Gasteiger partial charge in [-0.1, -0.05) is 6.07 Å². The molecule has 2 rings (SSSR count). The first-order valence-electron chi connectivity index (χ1n) is 6.52. The molecule has 0 aliphatic carbocycles. The lowest BCUT2D eigenvalue weighted by Gasteiger charge is -2.09. The zero-order valence-corrected chi connectivity index (χ0v) is 11.9. The Balaban J connectivity index is 1.90. The van der Waals surface area contributed by atoms with E-state index in [1.807, 2.05) is 0 Å². The third-order valence-corrected chi connectivity index (χ3v) is 2.96. The molecule has 0 fully saturated rings. The average molecular weight is 288 g/mol. The maximum atomic E-state index is 13.1. The van der Waals surface area contributed by atoms with Crippen molar-refractivity contribution in [3.05, 3.63) is 53.8 Å². The van der Waals surface area contributed by atoms with E-state index in [9.17, 15) is 9.18 Å². The van der Waals surface area contributed by atoms with Crippen molar-refractivity contribution in [2.45, 2.75) is 6.92 Å². The van der Waals surface area contributed by atoms with Gasteiger partial charge in [-0.05, 0) is 42.8 Å². The monoisotopic (exact) mass is 288 g/mol. The second-order valence-electron chi connectivity index (χ2n) is 4.60. The number of amides is 1. The van der Waals surface area contributed by atoms with Crippen molar-refractivity contribution >= 4 is 17.3 Å². The molecule has 110 valence electrons. The first-order valence-corrected chi connectivity index (χ1v) is 6.52. The lowest BCUT2D eigenvalue weighted by Crippen LogP contribution is -2.21. The highest BCUT2D eigenvalue weighted by Gasteiger charge is 2.04. The maximum absolute atomic E-state index is 13.1. The van der Waals surface area contributed by atoms with E-state index in [4.69, 9.17) is 4.74 Å². The molecule has 0 saturated heterocycles.